The minimum Gasteiger partial charge on any atom is -0.368 e. The summed E-state index contributed by atoms with van der Waals surface area (Å²) >= 11 is 0. The summed E-state index contributed by atoms with van der Waals surface area (Å²) in [5.74, 6) is -0.0656. The Balaban J connectivity index is 3.28. The van der Waals surface area contributed by atoms with Crippen LogP contribution in [0.2, 0.25) is 0 Å². The smallest absolute Gasteiger partial charge is 0.221 e. The van der Waals surface area contributed by atoms with E-state index in [1.807, 2.05) is 0 Å². The Morgan fingerprint density at radius 1 is 1.64 bits per heavy atom. The summed E-state index contributed by atoms with van der Waals surface area (Å²) in [5.41, 5.74) is 5.15. The molecule has 11 heavy (non-hydrogen) atoms. The van der Waals surface area contributed by atoms with Crippen molar-refractivity contribution in [2.24, 2.45) is 0 Å². The number of nitrogen functional groups attached to an aromatic ring is 1. The molecule has 1 radical (unpaired) electrons. The van der Waals surface area contributed by atoms with Crippen molar-refractivity contribution in [1.29, 1.82) is 0 Å². The van der Waals surface area contributed by atoms with Crippen molar-refractivity contribution >= 4 is 15.8 Å². The van der Waals surface area contributed by atoms with Crippen LogP contribution in [0, 0.1) is 6.07 Å². The van der Waals surface area contributed by atoms with E-state index < -0.39 is 9.84 Å². The molecule has 0 saturated heterocycles. The molecule has 1 aromatic rings. The van der Waals surface area contributed by atoms with Crippen molar-refractivity contribution in [3.63, 3.8) is 0 Å². The molecule has 0 aliphatic heterocycles. The third kappa shape index (κ3) is 1.87. The van der Waals surface area contributed by atoms with Crippen molar-refractivity contribution < 1.29 is 8.42 Å². The first kappa shape index (κ1) is 7.93. The van der Waals surface area contributed by atoms with Gasteiger partial charge in [0.25, 0.3) is 0 Å². The fourth-order valence-electron chi connectivity index (χ4n) is 0.509. The van der Waals surface area contributed by atoms with Crippen LogP contribution in [0.3, 0.4) is 0 Å². The fraction of sp³-hybridized carbons (Fsp3) is 0.200. The first-order valence-electron chi connectivity index (χ1n) is 2.70. The van der Waals surface area contributed by atoms with Crippen LogP contribution >= 0.6 is 0 Å². The largest absolute Gasteiger partial charge is 0.368 e. The van der Waals surface area contributed by atoms with Gasteiger partial charge in [0.15, 0.2) is 14.9 Å². The summed E-state index contributed by atoms with van der Waals surface area (Å²) in [7, 11) is -3.31. The third-order valence-corrected chi connectivity index (χ3v) is 1.86. The van der Waals surface area contributed by atoms with Crippen molar-refractivity contribution in [1.82, 2.24) is 9.97 Å². The van der Waals surface area contributed by atoms with Gasteiger partial charge in [0.1, 0.15) is 0 Å². The average molecular weight is 172 g/mol. The average Bonchev–Trinajstić information content (AvgIpc) is 1.86. The van der Waals surface area contributed by atoms with E-state index >= 15 is 0 Å². The number of hydrogen-bond donors (Lipinski definition) is 1. The molecule has 6 heteroatoms. The molecule has 1 rings (SSSR count). The monoisotopic (exact) mass is 172 g/mol. The molecule has 0 saturated carbocycles. The maximum atomic E-state index is 10.8. The lowest BCUT2D eigenvalue weighted by Crippen LogP contribution is -2.04. The van der Waals surface area contributed by atoms with E-state index in [2.05, 4.69) is 16.0 Å². The number of sulfone groups is 1. The molecule has 0 spiro atoms. The Morgan fingerprint density at radius 2 is 2.27 bits per heavy atom. The standard InChI is InChI=1S/C5H6N3O2S/c1-11(9,10)4-2-3-7-5(6)8-4/h3H,1H3,(H2,6,7,8). The lowest BCUT2D eigenvalue weighted by atomic mass is 10.7. The first-order valence-corrected chi connectivity index (χ1v) is 4.59. The topological polar surface area (TPSA) is 85.9 Å². The summed E-state index contributed by atoms with van der Waals surface area (Å²) in [4.78, 5) is 6.97. The number of rotatable bonds is 1. The summed E-state index contributed by atoms with van der Waals surface area (Å²) in [6.45, 7) is 0. The summed E-state index contributed by atoms with van der Waals surface area (Å²) in [5, 5.41) is -0.176. The maximum Gasteiger partial charge on any atom is 0.221 e. The highest BCUT2D eigenvalue weighted by Crippen LogP contribution is 2.02. The van der Waals surface area contributed by atoms with E-state index in [1.54, 1.807) is 0 Å². The predicted octanol–water partition coefficient (Wildman–Crippen LogP) is -0.738. The predicted molar refractivity (Wildman–Crippen MR) is 38.4 cm³/mol. The molecule has 59 valence electrons. The minimum atomic E-state index is -3.31. The van der Waals surface area contributed by atoms with Crippen LogP contribution in [-0.2, 0) is 9.84 Å². The van der Waals surface area contributed by atoms with Crippen LogP contribution in [0.5, 0.6) is 0 Å². The Hall–Kier alpha value is -1.17. The second kappa shape index (κ2) is 2.46. The van der Waals surface area contributed by atoms with E-state index in [0.29, 0.717) is 0 Å². The molecule has 0 fully saturated rings. The van der Waals surface area contributed by atoms with E-state index in [1.165, 1.54) is 6.20 Å². The molecular weight excluding hydrogens is 166 g/mol. The molecule has 1 heterocycles. The van der Waals surface area contributed by atoms with Crippen LogP contribution in [0.25, 0.3) is 0 Å². The zero-order valence-corrected chi connectivity index (χ0v) is 6.59. The Labute approximate surface area is 64.2 Å². The van der Waals surface area contributed by atoms with Crippen LogP contribution in [0.15, 0.2) is 11.2 Å². The van der Waals surface area contributed by atoms with Crippen LogP contribution in [0.4, 0.5) is 5.95 Å². The summed E-state index contributed by atoms with van der Waals surface area (Å²) in [6.07, 6.45) is 2.21. The Morgan fingerprint density at radius 3 is 2.64 bits per heavy atom. The second-order valence-corrected chi connectivity index (χ2v) is 3.88. The van der Waals surface area contributed by atoms with E-state index in [4.69, 9.17) is 5.73 Å². The van der Waals surface area contributed by atoms with Gasteiger partial charge in [0.2, 0.25) is 5.95 Å². The van der Waals surface area contributed by atoms with Gasteiger partial charge in [0.05, 0.1) is 0 Å². The van der Waals surface area contributed by atoms with E-state index in [9.17, 15) is 8.42 Å². The molecule has 0 unspecified atom stereocenters. The second-order valence-electron chi connectivity index (χ2n) is 1.95. The van der Waals surface area contributed by atoms with Gasteiger partial charge in [-0.25, -0.2) is 18.4 Å². The molecule has 0 aliphatic rings. The fourth-order valence-corrected chi connectivity index (χ4v) is 1.03. The van der Waals surface area contributed by atoms with Gasteiger partial charge in [-0.3, -0.25) is 0 Å². The molecular formula is C5H6N3O2S. The number of nitrogens with zero attached hydrogens (tertiary/aromatic N) is 2. The number of nitrogens with two attached hydrogens (primary N) is 1. The third-order valence-electron chi connectivity index (χ3n) is 0.952. The zero-order valence-electron chi connectivity index (χ0n) is 5.77. The van der Waals surface area contributed by atoms with E-state index in [-0.39, 0.29) is 11.0 Å². The highest BCUT2D eigenvalue weighted by Gasteiger charge is 2.08. The maximum absolute atomic E-state index is 10.8. The van der Waals surface area contributed by atoms with Gasteiger partial charge >= 0.3 is 0 Å². The Kier molecular flexibility index (Phi) is 1.77. The van der Waals surface area contributed by atoms with Gasteiger partial charge in [-0.15, -0.1) is 0 Å². The molecule has 0 amide bonds. The van der Waals surface area contributed by atoms with E-state index in [0.717, 1.165) is 6.26 Å². The van der Waals surface area contributed by atoms with Crippen molar-refractivity contribution in [3.05, 3.63) is 12.3 Å². The molecule has 5 nitrogen and oxygen atoms in total. The van der Waals surface area contributed by atoms with Crippen LogP contribution < -0.4 is 5.73 Å². The minimum absolute atomic E-state index is 0.0656. The van der Waals surface area contributed by atoms with Gasteiger partial charge in [0, 0.05) is 18.5 Å². The number of anilines is 1. The van der Waals surface area contributed by atoms with Crippen LogP contribution in [0.1, 0.15) is 0 Å². The molecule has 0 aromatic carbocycles. The molecule has 2 N–H and O–H groups in total. The van der Waals surface area contributed by atoms with Crippen molar-refractivity contribution in [2.75, 3.05) is 12.0 Å². The van der Waals surface area contributed by atoms with Gasteiger partial charge in [-0.2, -0.15) is 0 Å². The first-order chi connectivity index (χ1) is 5.00. The highest BCUT2D eigenvalue weighted by atomic mass is 32.2. The molecule has 1 aromatic heterocycles. The molecule has 0 atom stereocenters. The summed E-state index contributed by atoms with van der Waals surface area (Å²) in [6, 6.07) is 2.36. The highest BCUT2D eigenvalue weighted by molar-refractivity contribution is 7.90. The Bertz CT molecular complexity index is 360. The molecule has 0 bridgehead atoms. The SMILES string of the molecule is CS(=O)(=O)c1[c]cnc(N)n1. The van der Waals surface area contributed by atoms with Gasteiger partial charge < -0.3 is 5.73 Å². The lowest BCUT2D eigenvalue weighted by Gasteiger charge is -1.95. The quantitative estimate of drug-likeness (QED) is 0.564. The zero-order chi connectivity index (χ0) is 8.48. The number of hydrogen-bond acceptors (Lipinski definition) is 5. The van der Waals surface area contributed by atoms with Crippen molar-refractivity contribution in [3.8, 4) is 0 Å². The number of aromatic nitrogens is 2. The molecule has 0 aliphatic carbocycles. The van der Waals surface area contributed by atoms with Crippen LogP contribution in [-0.4, -0.2) is 24.6 Å². The van der Waals surface area contributed by atoms with Crippen molar-refractivity contribution in [2.45, 2.75) is 5.03 Å². The lowest BCUT2D eigenvalue weighted by molar-refractivity contribution is 0.598. The summed E-state index contributed by atoms with van der Waals surface area (Å²) < 4.78 is 21.6. The normalized spacial score (nSPS) is 11.4. The van der Waals surface area contributed by atoms with Gasteiger partial charge in [-0.05, 0) is 0 Å². The van der Waals surface area contributed by atoms with Gasteiger partial charge in [-0.1, -0.05) is 0 Å².